The summed E-state index contributed by atoms with van der Waals surface area (Å²) in [5.74, 6) is 0. The summed E-state index contributed by atoms with van der Waals surface area (Å²) in [5, 5.41) is 0. The molecular weight excluding hydrogens is 220 g/mol. The van der Waals surface area contributed by atoms with Gasteiger partial charge in [0.15, 0.2) is 12.6 Å². The fraction of sp³-hybridized carbons (Fsp3) is 0. The maximum atomic E-state index is 9.84. The molecule has 0 saturated carbocycles. The van der Waals surface area contributed by atoms with E-state index < -0.39 is 0 Å². The van der Waals surface area contributed by atoms with Gasteiger partial charge >= 0.3 is 0 Å². The largest absolute Gasteiger partial charge is 0.297 e. The molecular formula is C8H6N2O2S2. The average Bonchev–Trinajstić information content (AvgIpc) is 2.92. The van der Waals surface area contributed by atoms with Gasteiger partial charge in [0.25, 0.3) is 0 Å². The average molecular weight is 226 g/mol. The summed E-state index contributed by atoms with van der Waals surface area (Å²) in [6.45, 7) is 0. The highest BCUT2D eigenvalue weighted by Crippen LogP contribution is 1.99. The fourth-order valence-electron chi connectivity index (χ4n) is 0.568. The second kappa shape index (κ2) is 6.11. The monoisotopic (exact) mass is 226 g/mol. The van der Waals surface area contributed by atoms with Crippen molar-refractivity contribution in [1.82, 2.24) is 9.97 Å². The Kier molecular flexibility index (Phi) is 4.66. The van der Waals surface area contributed by atoms with Crippen LogP contribution in [0.1, 0.15) is 19.3 Å². The maximum absolute atomic E-state index is 9.84. The topological polar surface area (TPSA) is 59.9 Å². The maximum Gasteiger partial charge on any atom is 0.161 e. The normalized spacial score (nSPS) is 8.57. The third-order valence-corrected chi connectivity index (χ3v) is 2.54. The third-order valence-electron chi connectivity index (χ3n) is 1.14. The van der Waals surface area contributed by atoms with Gasteiger partial charge in [-0.05, 0) is 0 Å². The summed E-state index contributed by atoms with van der Waals surface area (Å²) in [6.07, 6.45) is 4.66. The Morgan fingerprint density at radius 3 is 1.50 bits per heavy atom. The van der Waals surface area contributed by atoms with Gasteiger partial charge in [0, 0.05) is 12.4 Å². The number of nitrogens with zero attached hydrogens (tertiary/aromatic N) is 2. The van der Waals surface area contributed by atoms with Crippen LogP contribution in [0.25, 0.3) is 0 Å². The first-order valence-electron chi connectivity index (χ1n) is 3.54. The van der Waals surface area contributed by atoms with E-state index in [1.54, 1.807) is 11.0 Å². The third kappa shape index (κ3) is 3.55. The van der Waals surface area contributed by atoms with Crippen LogP contribution in [-0.4, -0.2) is 22.5 Å². The van der Waals surface area contributed by atoms with Gasteiger partial charge < -0.3 is 0 Å². The van der Waals surface area contributed by atoms with Gasteiger partial charge in [-0.2, -0.15) is 0 Å². The van der Waals surface area contributed by atoms with Gasteiger partial charge in [0.1, 0.15) is 0 Å². The van der Waals surface area contributed by atoms with Crippen molar-refractivity contribution in [3.8, 4) is 0 Å². The predicted molar refractivity (Wildman–Crippen MR) is 55.0 cm³/mol. The summed E-state index contributed by atoms with van der Waals surface area (Å²) in [7, 11) is 0. The zero-order valence-corrected chi connectivity index (χ0v) is 8.62. The van der Waals surface area contributed by atoms with Gasteiger partial charge in [-0.1, -0.05) is 0 Å². The number of hydrogen-bond acceptors (Lipinski definition) is 6. The molecule has 2 aromatic rings. The molecule has 6 heteroatoms. The minimum absolute atomic E-state index is 0.681. The van der Waals surface area contributed by atoms with E-state index in [4.69, 9.17) is 0 Å². The molecule has 0 bridgehead atoms. The molecule has 0 fully saturated rings. The van der Waals surface area contributed by atoms with E-state index in [2.05, 4.69) is 9.97 Å². The molecule has 0 atom stereocenters. The van der Waals surface area contributed by atoms with Crippen molar-refractivity contribution in [3.05, 3.63) is 33.2 Å². The van der Waals surface area contributed by atoms with Crippen molar-refractivity contribution in [2.45, 2.75) is 0 Å². The number of carbonyl (C=O) groups is 2. The van der Waals surface area contributed by atoms with Crippen molar-refractivity contribution in [1.29, 1.82) is 0 Å². The molecule has 2 aromatic heterocycles. The van der Waals surface area contributed by atoms with Crippen molar-refractivity contribution in [2.75, 3.05) is 0 Å². The highest BCUT2D eigenvalue weighted by atomic mass is 32.1. The number of aldehydes is 2. The molecule has 0 spiro atoms. The Morgan fingerprint density at radius 2 is 1.36 bits per heavy atom. The summed E-state index contributed by atoms with van der Waals surface area (Å²) < 4.78 is 0. The molecule has 2 rings (SSSR count). The van der Waals surface area contributed by atoms with Gasteiger partial charge in [-0.25, -0.2) is 0 Å². The highest BCUT2D eigenvalue weighted by Gasteiger charge is 1.85. The predicted octanol–water partition coefficient (Wildman–Crippen LogP) is 1.91. The molecule has 0 saturated heterocycles. The van der Waals surface area contributed by atoms with Crippen molar-refractivity contribution in [2.24, 2.45) is 0 Å². The van der Waals surface area contributed by atoms with Gasteiger partial charge in [-0.3, -0.25) is 19.6 Å². The fourth-order valence-corrected chi connectivity index (χ4v) is 1.41. The Bertz CT molecular complexity index is 332. The van der Waals surface area contributed by atoms with Crippen LogP contribution in [0.5, 0.6) is 0 Å². The zero-order chi connectivity index (χ0) is 10.2. The summed E-state index contributed by atoms with van der Waals surface area (Å²) in [6, 6.07) is 0. The van der Waals surface area contributed by atoms with Gasteiger partial charge in [0.2, 0.25) is 0 Å². The van der Waals surface area contributed by atoms with E-state index in [0.717, 1.165) is 12.6 Å². The van der Waals surface area contributed by atoms with Crippen LogP contribution in [0.15, 0.2) is 23.4 Å². The Balaban J connectivity index is 0.000000140. The number of aromatic nitrogens is 2. The standard InChI is InChI=1S/2C4H3NOS/c2*6-2-4-1-5-3-7-4/h2*1-3H. The number of carbonyl (C=O) groups excluding carboxylic acids is 2. The van der Waals surface area contributed by atoms with Crippen LogP contribution in [0, 0.1) is 0 Å². The second-order valence-corrected chi connectivity index (χ2v) is 3.88. The minimum atomic E-state index is 0.681. The van der Waals surface area contributed by atoms with Crippen LogP contribution in [0.2, 0.25) is 0 Å². The van der Waals surface area contributed by atoms with E-state index in [0.29, 0.717) is 9.75 Å². The molecule has 0 N–H and O–H groups in total. The van der Waals surface area contributed by atoms with E-state index >= 15 is 0 Å². The van der Waals surface area contributed by atoms with Gasteiger partial charge in [-0.15, -0.1) is 22.7 Å². The highest BCUT2D eigenvalue weighted by molar-refractivity contribution is 7.11. The lowest BCUT2D eigenvalue weighted by Crippen LogP contribution is -1.63. The molecule has 2 heterocycles. The van der Waals surface area contributed by atoms with Crippen LogP contribution >= 0.6 is 22.7 Å². The lowest BCUT2D eigenvalue weighted by molar-refractivity contribution is 0.111. The van der Waals surface area contributed by atoms with Gasteiger partial charge in [0.05, 0.1) is 20.8 Å². The lowest BCUT2D eigenvalue weighted by Gasteiger charge is -1.63. The molecule has 0 aromatic carbocycles. The van der Waals surface area contributed by atoms with E-state index in [-0.39, 0.29) is 0 Å². The van der Waals surface area contributed by atoms with Crippen molar-refractivity contribution < 1.29 is 9.59 Å². The summed E-state index contributed by atoms with van der Waals surface area (Å²) in [5.41, 5.74) is 3.26. The van der Waals surface area contributed by atoms with E-state index in [9.17, 15) is 9.59 Å². The second-order valence-electron chi connectivity index (χ2n) is 2.04. The Hall–Kier alpha value is -1.40. The molecule has 0 radical (unpaired) electrons. The van der Waals surface area contributed by atoms with E-state index in [1.165, 1.54) is 35.1 Å². The van der Waals surface area contributed by atoms with Crippen LogP contribution in [-0.2, 0) is 0 Å². The first-order valence-corrected chi connectivity index (χ1v) is 5.30. The molecule has 0 aliphatic rings. The molecule has 72 valence electrons. The Labute approximate surface area is 88.3 Å². The van der Waals surface area contributed by atoms with Crippen LogP contribution in [0.3, 0.4) is 0 Å². The molecule has 4 nitrogen and oxygen atoms in total. The van der Waals surface area contributed by atoms with E-state index in [1.807, 2.05) is 0 Å². The van der Waals surface area contributed by atoms with Crippen LogP contribution < -0.4 is 0 Å². The molecule has 0 aliphatic heterocycles. The molecule has 0 amide bonds. The van der Waals surface area contributed by atoms with Crippen molar-refractivity contribution in [3.63, 3.8) is 0 Å². The lowest BCUT2D eigenvalue weighted by atomic mass is 10.6. The minimum Gasteiger partial charge on any atom is -0.297 e. The zero-order valence-electron chi connectivity index (χ0n) is 6.99. The first-order chi connectivity index (χ1) is 6.86. The SMILES string of the molecule is O=Cc1cncs1.O=Cc1cncs1. The van der Waals surface area contributed by atoms with Crippen LogP contribution in [0.4, 0.5) is 0 Å². The number of hydrogen-bond donors (Lipinski definition) is 0. The summed E-state index contributed by atoms with van der Waals surface area (Å²) >= 11 is 2.69. The molecule has 0 aliphatic carbocycles. The molecule has 14 heavy (non-hydrogen) atoms. The quantitative estimate of drug-likeness (QED) is 0.734. The van der Waals surface area contributed by atoms with Crippen molar-refractivity contribution >= 4 is 35.2 Å². The first kappa shape index (κ1) is 10.7. The smallest absolute Gasteiger partial charge is 0.161 e. The molecule has 0 unspecified atom stereocenters. The summed E-state index contributed by atoms with van der Waals surface area (Å²) in [4.78, 5) is 28.4. The number of rotatable bonds is 2. The number of thiazole rings is 2. The Morgan fingerprint density at radius 1 is 0.929 bits per heavy atom.